The number of nitrogens with zero attached hydrogens (tertiary/aromatic N) is 5. The van der Waals surface area contributed by atoms with Crippen molar-refractivity contribution in [2.45, 2.75) is 32.2 Å². The first-order valence-electron chi connectivity index (χ1n) is 8.93. The van der Waals surface area contributed by atoms with Crippen LogP contribution >= 0.6 is 0 Å². The second-order valence-electron chi connectivity index (χ2n) is 7.18. The largest absolute Gasteiger partial charge is 0.340 e. The highest BCUT2D eigenvalue weighted by molar-refractivity contribution is 5.77. The van der Waals surface area contributed by atoms with Gasteiger partial charge in [0.05, 0.1) is 0 Å². The summed E-state index contributed by atoms with van der Waals surface area (Å²) in [5.74, 6) is 1.06. The number of rotatable bonds is 3. The Bertz CT molecular complexity index is 723. The van der Waals surface area contributed by atoms with Crippen molar-refractivity contribution in [1.82, 2.24) is 19.9 Å². The maximum Gasteiger partial charge on any atom is 0.225 e. The second-order valence-corrected chi connectivity index (χ2v) is 7.18. The molecule has 1 spiro atoms. The molecule has 2 aromatic rings. The number of amides is 1. The van der Waals surface area contributed by atoms with Crippen LogP contribution in [0.5, 0.6) is 0 Å². The summed E-state index contributed by atoms with van der Waals surface area (Å²) in [7, 11) is 0. The molecule has 4 rings (SSSR count). The van der Waals surface area contributed by atoms with Gasteiger partial charge in [-0.05, 0) is 37.0 Å². The minimum atomic E-state index is 0.146. The van der Waals surface area contributed by atoms with Crippen molar-refractivity contribution >= 4 is 11.9 Å². The number of anilines is 1. The Kier molecular flexibility index (Phi) is 4.34. The molecule has 0 bridgehead atoms. The zero-order valence-corrected chi connectivity index (χ0v) is 14.3. The van der Waals surface area contributed by atoms with E-state index in [0.29, 0.717) is 13.0 Å². The molecule has 1 atom stereocenters. The van der Waals surface area contributed by atoms with Crippen molar-refractivity contribution < 1.29 is 4.79 Å². The number of hydrogen-bond acceptors (Lipinski definition) is 5. The Morgan fingerprint density at radius 2 is 1.96 bits per heavy atom. The summed E-state index contributed by atoms with van der Waals surface area (Å²) in [6.07, 6.45) is 11.1. The average Bonchev–Trinajstić information content (AvgIpc) is 2.67. The fraction of sp³-hybridized carbons (Fsp3) is 0.474. The van der Waals surface area contributed by atoms with E-state index in [4.69, 9.17) is 0 Å². The van der Waals surface area contributed by atoms with E-state index in [0.717, 1.165) is 50.4 Å². The molecule has 6 nitrogen and oxygen atoms in total. The number of likely N-dealkylation sites (tertiary alicyclic amines) is 1. The van der Waals surface area contributed by atoms with Crippen molar-refractivity contribution in [2.75, 3.05) is 24.5 Å². The summed E-state index contributed by atoms with van der Waals surface area (Å²) in [6.45, 7) is 3.37. The van der Waals surface area contributed by atoms with Gasteiger partial charge in [0.15, 0.2) is 0 Å². The minimum Gasteiger partial charge on any atom is -0.340 e. The van der Waals surface area contributed by atoms with Crippen LogP contribution in [0.4, 0.5) is 5.95 Å². The van der Waals surface area contributed by atoms with Crippen LogP contribution in [0.3, 0.4) is 0 Å². The number of pyridine rings is 1. The number of piperidine rings is 2. The molecule has 4 heterocycles. The number of carbonyl (C=O) groups is 1. The summed E-state index contributed by atoms with van der Waals surface area (Å²) in [5.41, 5.74) is 1.24. The van der Waals surface area contributed by atoms with E-state index in [9.17, 15) is 4.79 Å². The van der Waals surface area contributed by atoms with Crippen LogP contribution in [-0.4, -0.2) is 45.4 Å². The van der Waals surface area contributed by atoms with Gasteiger partial charge in [0.25, 0.3) is 0 Å². The molecule has 0 N–H and O–H groups in total. The molecule has 6 heteroatoms. The Morgan fingerprint density at radius 1 is 1.08 bits per heavy atom. The highest BCUT2D eigenvalue weighted by Gasteiger charge is 2.42. The summed E-state index contributed by atoms with van der Waals surface area (Å²) in [6, 6.07) is 5.80. The van der Waals surface area contributed by atoms with Gasteiger partial charge < -0.3 is 9.80 Å². The molecule has 2 saturated heterocycles. The third kappa shape index (κ3) is 3.48. The summed E-state index contributed by atoms with van der Waals surface area (Å²) >= 11 is 0. The molecule has 1 amide bonds. The molecule has 2 aliphatic heterocycles. The molecule has 2 fully saturated rings. The maximum atomic E-state index is 12.4. The first kappa shape index (κ1) is 16.0. The summed E-state index contributed by atoms with van der Waals surface area (Å²) in [5, 5.41) is 0. The smallest absolute Gasteiger partial charge is 0.225 e. The van der Waals surface area contributed by atoms with Crippen LogP contribution in [0.2, 0.25) is 0 Å². The maximum absolute atomic E-state index is 12.4. The predicted octanol–water partition coefficient (Wildman–Crippen LogP) is 2.28. The van der Waals surface area contributed by atoms with E-state index in [1.165, 1.54) is 0 Å². The van der Waals surface area contributed by atoms with Crippen LogP contribution in [0.1, 0.15) is 31.2 Å². The van der Waals surface area contributed by atoms with Crippen molar-refractivity contribution in [3.63, 3.8) is 0 Å². The van der Waals surface area contributed by atoms with Crippen LogP contribution < -0.4 is 4.90 Å². The zero-order valence-electron chi connectivity index (χ0n) is 14.3. The predicted molar refractivity (Wildman–Crippen MR) is 94.8 cm³/mol. The van der Waals surface area contributed by atoms with Crippen molar-refractivity contribution in [3.05, 3.63) is 48.5 Å². The van der Waals surface area contributed by atoms with Gasteiger partial charge in [0.2, 0.25) is 11.9 Å². The quantitative estimate of drug-likeness (QED) is 0.860. The highest BCUT2D eigenvalue weighted by Crippen LogP contribution is 2.39. The molecule has 0 radical (unpaired) electrons. The third-order valence-electron chi connectivity index (χ3n) is 5.34. The van der Waals surface area contributed by atoms with E-state index < -0.39 is 0 Å². The lowest BCUT2D eigenvalue weighted by molar-refractivity contribution is -0.138. The van der Waals surface area contributed by atoms with Crippen LogP contribution in [-0.2, 0) is 11.3 Å². The van der Waals surface area contributed by atoms with Gasteiger partial charge >= 0.3 is 0 Å². The Balaban J connectivity index is 1.50. The van der Waals surface area contributed by atoms with Gasteiger partial charge in [-0.1, -0.05) is 6.07 Å². The molecule has 2 aromatic heterocycles. The highest BCUT2D eigenvalue weighted by atomic mass is 16.2. The van der Waals surface area contributed by atoms with Gasteiger partial charge in [-0.2, -0.15) is 0 Å². The summed E-state index contributed by atoms with van der Waals surface area (Å²) in [4.78, 5) is 29.7. The van der Waals surface area contributed by atoms with Crippen LogP contribution in [0.25, 0.3) is 0 Å². The molecular weight excluding hydrogens is 314 g/mol. The minimum absolute atomic E-state index is 0.146. The monoisotopic (exact) mass is 337 g/mol. The van der Waals surface area contributed by atoms with Gasteiger partial charge in [0.1, 0.15) is 0 Å². The Hall–Kier alpha value is -2.50. The molecule has 25 heavy (non-hydrogen) atoms. The van der Waals surface area contributed by atoms with E-state index in [1.54, 1.807) is 18.6 Å². The van der Waals surface area contributed by atoms with Gasteiger partial charge in [0, 0.05) is 62.8 Å². The topological polar surface area (TPSA) is 62.2 Å². The molecule has 2 aliphatic rings. The molecule has 0 saturated carbocycles. The van der Waals surface area contributed by atoms with Crippen molar-refractivity contribution in [1.29, 1.82) is 0 Å². The number of aromatic nitrogens is 3. The SMILES string of the molecule is O=C1CC[C@@]2(CCCN(c3ncccn3)C2)CN1Cc1cccnc1. The van der Waals surface area contributed by atoms with Crippen molar-refractivity contribution in [3.8, 4) is 0 Å². The first-order chi connectivity index (χ1) is 12.2. The van der Waals surface area contributed by atoms with Crippen molar-refractivity contribution in [2.24, 2.45) is 5.41 Å². The Morgan fingerprint density at radius 3 is 2.76 bits per heavy atom. The molecule has 0 aromatic carbocycles. The molecular formula is C19H23N5O. The molecule has 0 unspecified atom stereocenters. The van der Waals surface area contributed by atoms with Crippen LogP contribution in [0, 0.1) is 5.41 Å². The fourth-order valence-corrected chi connectivity index (χ4v) is 4.12. The van der Waals surface area contributed by atoms with E-state index in [-0.39, 0.29) is 11.3 Å². The molecule has 0 aliphatic carbocycles. The van der Waals surface area contributed by atoms with Crippen LogP contribution in [0.15, 0.2) is 43.0 Å². The second kappa shape index (κ2) is 6.78. The fourth-order valence-electron chi connectivity index (χ4n) is 4.12. The average molecular weight is 337 g/mol. The number of carbonyl (C=O) groups excluding carboxylic acids is 1. The van der Waals surface area contributed by atoms with E-state index >= 15 is 0 Å². The Labute approximate surface area is 147 Å². The van der Waals surface area contributed by atoms with E-state index in [1.807, 2.05) is 29.3 Å². The lowest BCUT2D eigenvalue weighted by atomic mass is 9.73. The standard InChI is InChI=1S/C19H23N5O/c25-17-5-7-19(15-24(17)13-16-4-1-8-20-12-16)6-2-11-23(14-19)18-21-9-3-10-22-18/h1,3-4,8-10,12H,2,5-7,11,13-15H2/t19-/m1/s1. The lowest BCUT2D eigenvalue weighted by Crippen LogP contribution is -2.54. The third-order valence-corrected chi connectivity index (χ3v) is 5.34. The molecule has 130 valence electrons. The lowest BCUT2D eigenvalue weighted by Gasteiger charge is -2.48. The van der Waals surface area contributed by atoms with Gasteiger partial charge in [-0.3, -0.25) is 9.78 Å². The van der Waals surface area contributed by atoms with Gasteiger partial charge in [-0.15, -0.1) is 0 Å². The summed E-state index contributed by atoms with van der Waals surface area (Å²) < 4.78 is 0. The van der Waals surface area contributed by atoms with Gasteiger partial charge in [-0.25, -0.2) is 9.97 Å². The number of hydrogen-bond donors (Lipinski definition) is 0. The normalized spacial score (nSPS) is 23.9. The zero-order chi connectivity index (χ0) is 17.1. The van der Waals surface area contributed by atoms with E-state index in [2.05, 4.69) is 19.9 Å². The first-order valence-corrected chi connectivity index (χ1v) is 8.93.